The molecule has 0 saturated heterocycles. The summed E-state index contributed by atoms with van der Waals surface area (Å²) in [6.45, 7) is 0. The molecule has 0 fully saturated rings. The van der Waals surface area contributed by atoms with E-state index in [1.165, 1.54) is 0 Å². The Hall–Kier alpha value is -3.42. The molecule has 0 spiro atoms. The van der Waals surface area contributed by atoms with Crippen molar-refractivity contribution in [2.45, 2.75) is 0 Å². The standard InChI is InChI=1S/C16H20N8/c1-24(2)14-9-7-13(8-10-14)23-22-12-5-3-11(4-6-12)20-16(19)21-15(17)18/h3-10H,1-2H3,(H6,17,18,19,20,21). The average molecular weight is 324 g/mol. The number of hydrogen-bond acceptors (Lipinski definition) is 4. The highest BCUT2D eigenvalue weighted by molar-refractivity contribution is 5.93. The minimum absolute atomic E-state index is 0.00893. The summed E-state index contributed by atoms with van der Waals surface area (Å²) < 4.78 is 0. The maximum Gasteiger partial charge on any atom is 0.223 e. The Labute approximate surface area is 140 Å². The summed E-state index contributed by atoms with van der Waals surface area (Å²) in [5.41, 5.74) is 19.2. The zero-order valence-electron chi connectivity index (χ0n) is 13.6. The first-order valence-corrected chi connectivity index (χ1v) is 7.17. The zero-order chi connectivity index (χ0) is 17.5. The lowest BCUT2D eigenvalue weighted by atomic mass is 10.3. The highest BCUT2D eigenvalue weighted by Gasteiger charge is 1.96. The van der Waals surface area contributed by atoms with Crippen molar-refractivity contribution in [1.82, 2.24) is 0 Å². The lowest BCUT2D eigenvalue weighted by Crippen LogP contribution is -2.26. The fourth-order valence-electron chi connectivity index (χ4n) is 1.82. The number of anilines is 1. The molecule has 0 amide bonds. The first-order valence-electron chi connectivity index (χ1n) is 7.17. The fourth-order valence-corrected chi connectivity index (χ4v) is 1.82. The topological polar surface area (TPSA) is 131 Å². The van der Waals surface area contributed by atoms with E-state index in [0.717, 1.165) is 11.4 Å². The zero-order valence-corrected chi connectivity index (χ0v) is 13.6. The van der Waals surface area contributed by atoms with Crippen LogP contribution in [0, 0.1) is 0 Å². The molecule has 0 unspecified atom stereocenters. The van der Waals surface area contributed by atoms with Crippen molar-refractivity contribution >= 4 is 34.7 Å². The van der Waals surface area contributed by atoms with Crippen LogP contribution in [0.5, 0.6) is 0 Å². The minimum atomic E-state index is -0.137. The van der Waals surface area contributed by atoms with Gasteiger partial charge < -0.3 is 22.1 Å². The van der Waals surface area contributed by atoms with Gasteiger partial charge in [-0.3, -0.25) is 0 Å². The first kappa shape index (κ1) is 16.9. The summed E-state index contributed by atoms with van der Waals surface area (Å²) >= 11 is 0. The fraction of sp³-hybridized carbons (Fsp3) is 0.125. The maximum atomic E-state index is 5.57. The van der Waals surface area contributed by atoms with E-state index in [1.807, 2.05) is 43.3 Å². The molecule has 0 bridgehead atoms. The summed E-state index contributed by atoms with van der Waals surface area (Å²) in [5.74, 6) is -0.146. The Morgan fingerprint density at radius 1 is 0.750 bits per heavy atom. The monoisotopic (exact) mass is 324 g/mol. The lowest BCUT2D eigenvalue weighted by molar-refractivity contribution is 1.13. The smallest absolute Gasteiger partial charge is 0.223 e. The SMILES string of the molecule is CN(C)c1ccc(N=Nc2ccc(N=C(N)N=C(N)N)cc2)cc1. The Bertz CT molecular complexity index is 754. The Morgan fingerprint density at radius 3 is 1.67 bits per heavy atom. The normalized spacial score (nSPS) is 11.5. The molecule has 0 aromatic heterocycles. The van der Waals surface area contributed by atoms with Gasteiger partial charge in [-0.2, -0.15) is 15.2 Å². The van der Waals surface area contributed by atoms with Crippen LogP contribution < -0.4 is 22.1 Å². The number of hydrogen-bond donors (Lipinski definition) is 3. The van der Waals surface area contributed by atoms with E-state index in [2.05, 4.69) is 20.2 Å². The van der Waals surface area contributed by atoms with Crippen molar-refractivity contribution in [2.24, 2.45) is 37.4 Å². The molecule has 0 saturated carbocycles. The second-order valence-electron chi connectivity index (χ2n) is 5.13. The number of rotatable bonds is 4. The van der Waals surface area contributed by atoms with E-state index >= 15 is 0 Å². The van der Waals surface area contributed by atoms with Gasteiger partial charge in [-0.15, -0.1) is 0 Å². The molecule has 124 valence electrons. The molecule has 6 N–H and O–H groups in total. The van der Waals surface area contributed by atoms with Crippen LogP contribution in [0.1, 0.15) is 0 Å². The molecule has 0 aliphatic heterocycles. The molecule has 0 atom stereocenters. The molecule has 2 aromatic carbocycles. The van der Waals surface area contributed by atoms with Gasteiger partial charge in [-0.05, 0) is 48.5 Å². The van der Waals surface area contributed by atoms with Crippen LogP contribution in [0.15, 0.2) is 68.7 Å². The van der Waals surface area contributed by atoms with E-state index in [9.17, 15) is 0 Å². The minimum Gasteiger partial charge on any atom is -0.378 e. The van der Waals surface area contributed by atoms with Crippen molar-refractivity contribution in [3.05, 3.63) is 48.5 Å². The summed E-state index contributed by atoms with van der Waals surface area (Å²) in [6, 6.07) is 14.8. The van der Waals surface area contributed by atoms with Crippen LogP contribution in [0.25, 0.3) is 0 Å². The second-order valence-corrected chi connectivity index (χ2v) is 5.13. The van der Waals surface area contributed by atoms with Gasteiger partial charge in [-0.25, -0.2) is 4.99 Å². The third kappa shape index (κ3) is 5.09. The van der Waals surface area contributed by atoms with Gasteiger partial charge in [0.05, 0.1) is 17.1 Å². The third-order valence-electron chi connectivity index (χ3n) is 2.98. The van der Waals surface area contributed by atoms with Crippen LogP contribution in [0.4, 0.5) is 22.7 Å². The van der Waals surface area contributed by atoms with E-state index in [-0.39, 0.29) is 11.9 Å². The third-order valence-corrected chi connectivity index (χ3v) is 2.98. The second kappa shape index (κ2) is 7.73. The van der Waals surface area contributed by atoms with Crippen molar-refractivity contribution in [3.63, 3.8) is 0 Å². The molecule has 0 heterocycles. The Morgan fingerprint density at radius 2 is 1.21 bits per heavy atom. The average Bonchev–Trinajstić information content (AvgIpc) is 2.54. The number of azo groups is 1. The summed E-state index contributed by atoms with van der Waals surface area (Å²) in [4.78, 5) is 9.72. The van der Waals surface area contributed by atoms with E-state index < -0.39 is 0 Å². The van der Waals surface area contributed by atoms with Crippen LogP contribution in [0.3, 0.4) is 0 Å². The largest absolute Gasteiger partial charge is 0.378 e. The molecule has 2 aromatic rings. The molecule has 0 aliphatic rings. The van der Waals surface area contributed by atoms with Gasteiger partial charge in [0.25, 0.3) is 0 Å². The molecule has 0 aliphatic carbocycles. The van der Waals surface area contributed by atoms with E-state index in [0.29, 0.717) is 11.4 Å². The molecular weight excluding hydrogens is 304 g/mol. The highest BCUT2D eigenvalue weighted by Crippen LogP contribution is 2.23. The first-order chi connectivity index (χ1) is 11.4. The molecule has 8 heteroatoms. The van der Waals surface area contributed by atoms with Crippen molar-refractivity contribution < 1.29 is 0 Å². The van der Waals surface area contributed by atoms with Gasteiger partial charge in [0.2, 0.25) is 5.96 Å². The van der Waals surface area contributed by atoms with Crippen LogP contribution in [0.2, 0.25) is 0 Å². The molecule has 0 radical (unpaired) electrons. The molecular formula is C16H20N8. The number of nitrogens with two attached hydrogens (primary N) is 3. The van der Waals surface area contributed by atoms with Crippen molar-refractivity contribution in [1.29, 1.82) is 0 Å². The predicted octanol–water partition coefficient (Wildman–Crippen LogP) is 2.39. The number of nitrogens with zero attached hydrogens (tertiary/aromatic N) is 5. The van der Waals surface area contributed by atoms with E-state index in [4.69, 9.17) is 17.2 Å². The highest BCUT2D eigenvalue weighted by atomic mass is 15.1. The summed E-state index contributed by atoms with van der Waals surface area (Å²) in [6.07, 6.45) is 0. The van der Waals surface area contributed by atoms with Gasteiger partial charge in [-0.1, -0.05) is 0 Å². The molecule has 8 nitrogen and oxygen atoms in total. The van der Waals surface area contributed by atoms with Crippen LogP contribution >= 0.6 is 0 Å². The lowest BCUT2D eigenvalue weighted by Gasteiger charge is -2.11. The Balaban J connectivity index is 2.07. The summed E-state index contributed by atoms with van der Waals surface area (Å²) in [7, 11) is 3.97. The van der Waals surface area contributed by atoms with Crippen molar-refractivity contribution in [3.8, 4) is 0 Å². The molecule has 24 heavy (non-hydrogen) atoms. The number of guanidine groups is 2. The number of aliphatic imine (C=N–C) groups is 2. The van der Waals surface area contributed by atoms with Crippen LogP contribution in [-0.2, 0) is 0 Å². The summed E-state index contributed by atoms with van der Waals surface area (Å²) in [5, 5.41) is 8.38. The van der Waals surface area contributed by atoms with Crippen molar-refractivity contribution in [2.75, 3.05) is 19.0 Å². The predicted molar refractivity (Wildman–Crippen MR) is 98.5 cm³/mol. The molecule has 2 rings (SSSR count). The van der Waals surface area contributed by atoms with Crippen LogP contribution in [-0.4, -0.2) is 26.0 Å². The van der Waals surface area contributed by atoms with Gasteiger partial charge >= 0.3 is 0 Å². The van der Waals surface area contributed by atoms with Gasteiger partial charge in [0, 0.05) is 19.8 Å². The maximum absolute atomic E-state index is 5.57. The van der Waals surface area contributed by atoms with E-state index in [1.54, 1.807) is 24.3 Å². The Kier molecular flexibility index (Phi) is 5.45. The van der Waals surface area contributed by atoms with Gasteiger partial charge in [0.15, 0.2) is 5.96 Å². The quantitative estimate of drug-likeness (QED) is 0.452. The van der Waals surface area contributed by atoms with Gasteiger partial charge in [0.1, 0.15) is 0 Å². The number of benzene rings is 2.